The average molecular weight is 494 g/mol. The molecule has 1 saturated heterocycles. The number of benzene rings is 1. The predicted molar refractivity (Wildman–Crippen MR) is 139 cm³/mol. The van der Waals surface area contributed by atoms with E-state index in [0.717, 1.165) is 28.8 Å². The highest BCUT2D eigenvalue weighted by Crippen LogP contribution is 2.25. The molecule has 1 aromatic heterocycles. The SMILES string of the molecule is CC(C=N[C@H](C(=O)N1CCC[C@H]1C(=O)N[C@@H](CO)c1ccc(-c2ccnnc2C)cc1)C(C)C)=NN. The molecule has 0 radical (unpaired) electrons. The second-order valence-corrected chi connectivity index (χ2v) is 9.32. The van der Waals surface area contributed by atoms with E-state index < -0.39 is 18.1 Å². The van der Waals surface area contributed by atoms with Crippen molar-refractivity contribution in [1.82, 2.24) is 20.4 Å². The van der Waals surface area contributed by atoms with E-state index >= 15 is 0 Å². The lowest BCUT2D eigenvalue weighted by Crippen LogP contribution is -2.50. The Morgan fingerprint density at radius 3 is 2.61 bits per heavy atom. The van der Waals surface area contributed by atoms with E-state index in [-0.39, 0.29) is 24.3 Å². The predicted octanol–water partition coefficient (Wildman–Crippen LogP) is 2.02. The van der Waals surface area contributed by atoms with Crippen molar-refractivity contribution >= 4 is 23.7 Å². The molecule has 10 heteroatoms. The number of carbonyl (C=O) groups is 2. The second kappa shape index (κ2) is 12.3. The van der Waals surface area contributed by atoms with E-state index in [1.165, 1.54) is 6.21 Å². The van der Waals surface area contributed by atoms with Gasteiger partial charge in [-0.05, 0) is 49.8 Å². The summed E-state index contributed by atoms with van der Waals surface area (Å²) in [6.07, 6.45) is 4.41. The van der Waals surface area contributed by atoms with Crippen LogP contribution in [0.4, 0.5) is 0 Å². The molecule has 0 aliphatic carbocycles. The molecule has 1 aromatic carbocycles. The summed E-state index contributed by atoms with van der Waals surface area (Å²) in [5, 5.41) is 24.5. The van der Waals surface area contributed by atoms with E-state index in [4.69, 9.17) is 5.84 Å². The van der Waals surface area contributed by atoms with Crippen LogP contribution >= 0.6 is 0 Å². The number of hydrazone groups is 1. The number of aryl methyl sites for hydroxylation is 1. The topological polar surface area (TPSA) is 146 Å². The van der Waals surface area contributed by atoms with Crippen molar-refractivity contribution in [2.45, 2.75) is 58.7 Å². The zero-order valence-corrected chi connectivity index (χ0v) is 21.3. The summed E-state index contributed by atoms with van der Waals surface area (Å²) in [6, 6.07) is 7.65. The standard InChI is InChI=1S/C26H35N7O3/c1-16(2)24(28-14-17(3)31-27)26(36)33-13-5-6-23(33)25(35)30-22(15-34)20-9-7-19(8-10-20)21-11-12-29-32-18(21)4/h7-12,14,16,22-24,34H,5-6,13,15,27H2,1-4H3,(H,30,35)/t22-,23-,24-/m0/s1. The third kappa shape index (κ3) is 6.31. The van der Waals surface area contributed by atoms with Crippen molar-refractivity contribution < 1.29 is 14.7 Å². The molecule has 1 aliphatic rings. The summed E-state index contributed by atoms with van der Waals surface area (Å²) in [5.41, 5.74) is 4.04. The van der Waals surface area contributed by atoms with Gasteiger partial charge in [-0.1, -0.05) is 38.1 Å². The van der Waals surface area contributed by atoms with Crippen LogP contribution in [0.15, 0.2) is 46.6 Å². The number of aliphatic hydroxyl groups is 1. The van der Waals surface area contributed by atoms with Crippen LogP contribution in [-0.4, -0.2) is 69.2 Å². The minimum Gasteiger partial charge on any atom is -0.394 e. The van der Waals surface area contributed by atoms with Crippen molar-refractivity contribution in [3.05, 3.63) is 47.8 Å². The minimum atomic E-state index is -0.637. The lowest BCUT2D eigenvalue weighted by molar-refractivity contribution is -0.140. The number of carbonyl (C=O) groups excluding carboxylic acids is 2. The molecule has 2 amide bonds. The number of rotatable bonds is 9. The maximum absolute atomic E-state index is 13.3. The first-order chi connectivity index (χ1) is 17.3. The fourth-order valence-electron chi connectivity index (χ4n) is 4.32. The molecule has 4 N–H and O–H groups in total. The second-order valence-electron chi connectivity index (χ2n) is 9.32. The number of nitrogens with two attached hydrogens (primary N) is 1. The normalized spacial score (nSPS) is 18.0. The molecule has 1 fully saturated rings. The average Bonchev–Trinajstić information content (AvgIpc) is 3.37. The van der Waals surface area contributed by atoms with Crippen LogP contribution in [0.2, 0.25) is 0 Å². The monoisotopic (exact) mass is 493 g/mol. The molecular weight excluding hydrogens is 458 g/mol. The number of hydrogen-bond donors (Lipinski definition) is 3. The van der Waals surface area contributed by atoms with Crippen LogP contribution in [0.1, 0.15) is 50.9 Å². The van der Waals surface area contributed by atoms with Crippen LogP contribution in [-0.2, 0) is 9.59 Å². The Kier molecular flexibility index (Phi) is 9.24. The first-order valence-corrected chi connectivity index (χ1v) is 12.1. The van der Waals surface area contributed by atoms with E-state index in [1.54, 1.807) is 18.0 Å². The van der Waals surface area contributed by atoms with Gasteiger partial charge in [-0.25, -0.2) is 0 Å². The molecule has 2 aromatic rings. The lowest BCUT2D eigenvalue weighted by atomic mass is 10.00. The maximum Gasteiger partial charge on any atom is 0.248 e. The van der Waals surface area contributed by atoms with Crippen LogP contribution in [0.3, 0.4) is 0 Å². The third-order valence-electron chi connectivity index (χ3n) is 6.38. The molecule has 3 atom stereocenters. The molecular formula is C26H35N7O3. The minimum absolute atomic E-state index is 0.0634. The molecule has 3 rings (SSSR count). The van der Waals surface area contributed by atoms with Crippen LogP contribution in [0.5, 0.6) is 0 Å². The zero-order valence-electron chi connectivity index (χ0n) is 21.3. The number of aliphatic imine (C=N–C) groups is 1. The van der Waals surface area contributed by atoms with Gasteiger partial charge in [-0.15, -0.1) is 0 Å². The molecule has 1 aliphatic heterocycles. The van der Waals surface area contributed by atoms with Gasteiger partial charge < -0.3 is 21.2 Å². The van der Waals surface area contributed by atoms with Gasteiger partial charge in [0.25, 0.3) is 0 Å². The summed E-state index contributed by atoms with van der Waals surface area (Å²) < 4.78 is 0. The number of aromatic nitrogens is 2. The number of likely N-dealkylation sites (tertiary alicyclic amines) is 1. The van der Waals surface area contributed by atoms with Crippen LogP contribution in [0.25, 0.3) is 11.1 Å². The summed E-state index contributed by atoms with van der Waals surface area (Å²) >= 11 is 0. The molecule has 36 heavy (non-hydrogen) atoms. The molecule has 192 valence electrons. The quantitative estimate of drug-likeness (QED) is 0.277. The van der Waals surface area contributed by atoms with Crippen molar-refractivity contribution in [3.8, 4) is 11.1 Å². The Morgan fingerprint density at radius 1 is 1.28 bits per heavy atom. The molecule has 10 nitrogen and oxygen atoms in total. The van der Waals surface area contributed by atoms with Gasteiger partial charge >= 0.3 is 0 Å². The Hall–Kier alpha value is -3.66. The van der Waals surface area contributed by atoms with Gasteiger partial charge in [-0.3, -0.25) is 14.6 Å². The van der Waals surface area contributed by atoms with E-state index in [9.17, 15) is 14.7 Å². The molecule has 0 saturated carbocycles. The maximum atomic E-state index is 13.3. The van der Waals surface area contributed by atoms with Gasteiger partial charge in [0.1, 0.15) is 12.1 Å². The third-order valence-corrected chi connectivity index (χ3v) is 6.38. The van der Waals surface area contributed by atoms with Crippen molar-refractivity contribution in [2.75, 3.05) is 13.2 Å². The van der Waals surface area contributed by atoms with Gasteiger partial charge in [-0.2, -0.15) is 15.3 Å². The first-order valence-electron chi connectivity index (χ1n) is 12.1. The number of aliphatic hydroxyl groups excluding tert-OH is 1. The summed E-state index contributed by atoms with van der Waals surface area (Å²) in [4.78, 5) is 32.6. The zero-order chi connectivity index (χ0) is 26.2. The van der Waals surface area contributed by atoms with E-state index in [1.807, 2.05) is 51.1 Å². The Balaban J connectivity index is 1.72. The van der Waals surface area contributed by atoms with Gasteiger partial charge in [0.2, 0.25) is 11.8 Å². The Morgan fingerprint density at radius 2 is 2.00 bits per heavy atom. The molecule has 0 spiro atoms. The Bertz CT molecular complexity index is 1110. The fourth-order valence-corrected chi connectivity index (χ4v) is 4.32. The number of hydrogen-bond acceptors (Lipinski definition) is 8. The van der Waals surface area contributed by atoms with E-state index in [2.05, 4.69) is 25.6 Å². The first kappa shape index (κ1) is 26.9. The molecule has 0 unspecified atom stereocenters. The smallest absolute Gasteiger partial charge is 0.248 e. The summed E-state index contributed by atoms with van der Waals surface area (Å²) in [7, 11) is 0. The van der Waals surface area contributed by atoms with Gasteiger partial charge in [0.15, 0.2) is 0 Å². The number of nitrogens with zero attached hydrogens (tertiary/aromatic N) is 5. The summed E-state index contributed by atoms with van der Waals surface area (Å²) in [6.45, 7) is 7.64. The van der Waals surface area contributed by atoms with Crippen molar-refractivity contribution in [2.24, 2.45) is 21.9 Å². The fraction of sp³-hybridized carbons (Fsp3) is 0.462. The largest absolute Gasteiger partial charge is 0.394 e. The summed E-state index contributed by atoms with van der Waals surface area (Å²) in [5.74, 6) is 4.72. The highest BCUT2D eigenvalue weighted by molar-refractivity contribution is 6.29. The Labute approximate surface area is 211 Å². The van der Waals surface area contributed by atoms with Crippen molar-refractivity contribution in [3.63, 3.8) is 0 Å². The van der Waals surface area contributed by atoms with Crippen LogP contribution < -0.4 is 11.2 Å². The highest BCUT2D eigenvalue weighted by atomic mass is 16.3. The number of nitrogens with one attached hydrogen (secondary N) is 1. The van der Waals surface area contributed by atoms with Crippen molar-refractivity contribution in [1.29, 1.82) is 0 Å². The van der Waals surface area contributed by atoms with Gasteiger partial charge in [0, 0.05) is 18.3 Å². The number of amides is 2. The van der Waals surface area contributed by atoms with Gasteiger partial charge in [0.05, 0.1) is 30.3 Å². The molecule has 2 heterocycles. The van der Waals surface area contributed by atoms with Crippen LogP contribution in [0, 0.1) is 12.8 Å². The van der Waals surface area contributed by atoms with E-state index in [0.29, 0.717) is 18.7 Å². The molecule has 0 bridgehead atoms. The highest BCUT2D eigenvalue weighted by Gasteiger charge is 2.38. The lowest BCUT2D eigenvalue weighted by Gasteiger charge is -2.29.